The van der Waals surface area contributed by atoms with E-state index in [-0.39, 0.29) is 6.04 Å². The number of benzene rings is 1. The van der Waals surface area contributed by atoms with Crippen molar-refractivity contribution in [2.45, 2.75) is 18.9 Å². The van der Waals surface area contributed by atoms with Gasteiger partial charge in [0.2, 0.25) is 0 Å². The van der Waals surface area contributed by atoms with Crippen LogP contribution < -0.4 is 5.32 Å². The Morgan fingerprint density at radius 3 is 2.83 bits per heavy atom. The van der Waals surface area contributed by atoms with Crippen molar-refractivity contribution in [1.82, 2.24) is 25.5 Å². The summed E-state index contributed by atoms with van der Waals surface area (Å²) in [5.74, 6) is 0.523. The number of rotatable bonds is 3. The molecule has 1 aromatic carbocycles. The minimum atomic E-state index is 0.182. The van der Waals surface area contributed by atoms with E-state index in [4.69, 9.17) is 0 Å². The van der Waals surface area contributed by atoms with Gasteiger partial charge >= 0.3 is 0 Å². The lowest BCUT2D eigenvalue weighted by molar-refractivity contribution is 0.261. The molecule has 5 nitrogen and oxygen atoms in total. The fourth-order valence-corrected chi connectivity index (χ4v) is 2.70. The molecule has 0 bridgehead atoms. The van der Waals surface area contributed by atoms with Crippen molar-refractivity contribution in [3.63, 3.8) is 0 Å². The number of hydrogen-bond donors (Lipinski definition) is 1. The lowest BCUT2D eigenvalue weighted by atomic mass is 9.87. The molecule has 18 heavy (non-hydrogen) atoms. The molecule has 1 N–H and O–H groups in total. The summed E-state index contributed by atoms with van der Waals surface area (Å²) >= 11 is 0. The zero-order valence-corrected chi connectivity index (χ0v) is 10.2. The van der Waals surface area contributed by atoms with Crippen molar-refractivity contribution in [3.8, 4) is 0 Å². The van der Waals surface area contributed by atoms with Gasteiger partial charge in [-0.25, -0.2) is 0 Å². The Balaban J connectivity index is 1.93. The minimum absolute atomic E-state index is 0.182. The van der Waals surface area contributed by atoms with Crippen LogP contribution in [-0.2, 0) is 0 Å². The number of nitrogens with zero attached hydrogens (tertiary/aromatic N) is 4. The SMILES string of the molecule is c1ccc(C([C@H]2CCCNC2)n2ncnn2)cc1. The molecule has 94 valence electrons. The van der Waals surface area contributed by atoms with Gasteiger partial charge in [0.25, 0.3) is 0 Å². The number of nitrogens with one attached hydrogen (secondary N) is 1. The monoisotopic (exact) mass is 243 g/mol. The summed E-state index contributed by atoms with van der Waals surface area (Å²) in [6.45, 7) is 2.13. The maximum atomic E-state index is 4.23. The van der Waals surface area contributed by atoms with Gasteiger partial charge in [-0.2, -0.15) is 4.80 Å². The van der Waals surface area contributed by atoms with Crippen molar-refractivity contribution < 1.29 is 0 Å². The number of hydrogen-bond acceptors (Lipinski definition) is 4. The van der Waals surface area contributed by atoms with E-state index >= 15 is 0 Å². The van der Waals surface area contributed by atoms with Crippen LogP contribution in [0.5, 0.6) is 0 Å². The van der Waals surface area contributed by atoms with Crippen molar-refractivity contribution in [2.75, 3.05) is 13.1 Å². The van der Waals surface area contributed by atoms with Crippen molar-refractivity contribution >= 4 is 0 Å². The van der Waals surface area contributed by atoms with Crippen molar-refractivity contribution in [2.24, 2.45) is 5.92 Å². The van der Waals surface area contributed by atoms with Crippen molar-refractivity contribution in [3.05, 3.63) is 42.2 Å². The summed E-state index contributed by atoms with van der Waals surface area (Å²) < 4.78 is 0. The fraction of sp³-hybridized carbons (Fsp3) is 0.462. The van der Waals surface area contributed by atoms with Crippen LogP contribution >= 0.6 is 0 Å². The Morgan fingerprint density at radius 2 is 2.17 bits per heavy atom. The molecule has 1 aromatic heterocycles. The molecular weight excluding hydrogens is 226 g/mol. The predicted molar refractivity (Wildman–Crippen MR) is 68.0 cm³/mol. The van der Waals surface area contributed by atoms with Gasteiger partial charge in [0.1, 0.15) is 6.04 Å². The number of aromatic nitrogens is 4. The molecule has 1 aliphatic rings. The summed E-state index contributed by atoms with van der Waals surface area (Å²) in [5.41, 5.74) is 1.25. The molecule has 0 aliphatic carbocycles. The Labute approximate surface area is 106 Å². The fourth-order valence-electron chi connectivity index (χ4n) is 2.70. The van der Waals surface area contributed by atoms with E-state index in [2.05, 4.69) is 45.0 Å². The smallest absolute Gasteiger partial charge is 0.162 e. The van der Waals surface area contributed by atoms with Crippen molar-refractivity contribution in [1.29, 1.82) is 0 Å². The maximum Gasteiger partial charge on any atom is 0.162 e. The van der Waals surface area contributed by atoms with Crippen LogP contribution in [0.2, 0.25) is 0 Å². The van der Waals surface area contributed by atoms with Gasteiger partial charge in [-0.3, -0.25) is 0 Å². The first-order valence-electron chi connectivity index (χ1n) is 6.43. The van der Waals surface area contributed by atoms with Gasteiger partial charge in [0.15, 0.2) is 6.33 Å². The zero-order valence-electron chi connectivity index (χ0n) is 10.2. The Morgan fingerprint density at radius 1 is 1.28 bits per heavy atom. The third-order valence-electron chi connectivity index (χ3n) is 3.54. The second-order valence-corrected chi connectivity index (χ2v) is 4.72. The maximum absolute atomic E-state index is 4.23. The van der Waals surface area contributed by atoms with Crippen LogP contribution in [-0.4, -0.2) is 33.3 Å². The quantitative estimate of drug-likeness (QED) is 0.882. The van der Waals surface area contributed by atoms with Gasteiger partial charge in [-0.05, 0) is 36.1 Å². The first-order chi connectivity index (χ1) is 8.95. The van der Waals surface area contributed by atoms with Crippen LogP contribution in [0.3, 0.4) is 0 Å². The second-order valence-electron chi connectivity index (χ2n) is 4.72. The average molecular weight is 243 g/mol. The van der Waals surface area contributed by atoms with Crippen LogP contribution in [0.15, 0.2) is 36.7 Å². The molecule has 1 aliphatic heterocycles. The van der Waals surface area contributed by atoms with E-state index in [1.165, 1.54) is 24.7 Å². The highest BCUT2D eigenvalue weighted by Crippen LogP contribution is 2.29. The van der Waals surface area contributed by atoms with Crippen LogP contribution in [0.25, 0.3) is 0 Å². The van der Waals surface area contributed by atoms with E-state index in [0.717, 1.165) is 13.1 Å². The van der Waals surface area contributed by atoms with Crippen LogP contribution in [0.4, 0.5) is 0 Å². The molecule has 2 aromatic rings. The zero-order chi connectivity index (χ0) is 12.2. The molecule has 1 fully saturated rings. The molecule has 2 heterocycles. The highest BCUT2D eigenvalue weighted by Gasteiger charge is 2.27. The Hall–Kier alpha value is -1.75. The molecule has 5 heteroatoms. The highest BCUT2D eigenvalue weighted by atomic mass is 15.6. The van der Waals surface area contributed by atoms with E-state index in [1.807, 2.05) is 6.07 Å². The van der Waals surface area contributed by atoms with E-state index in [0.29, 0.717) is 5.92 Å². The molecule has 1 saturated heterocycles. The summed E-state index contributed by atoms with van der Waals surface area (Å²) in [5, 5.41) is 15.6. The van der Waals surface area contributed by atoms with Gasteiger partial charge in [0, 0.05) is 6.54 Å². The third kappa shape index (κ3) is 2.26. The molecule has 0 radical (unpaired) electrons. The standard InChI is InChI=1S/C13H17N5/c1-2-5-11(6-3-1)13(18-16-10-15-17-18)12-7-4-8-14-9-12/h1-3,5-6,10,12-14H,4,7-9H2/t12-,13?/m0/s1. The largest absolute Gasteiger partial charge is 0.316 e. The van der Waals surface area contributed by atoms with Crippen LogP contribution in [0.1, 0.15) is 24.4 Å². The van der Waals surface area contributed by atoms with E-state index < -0.39 is 0 Å². The molecule has 0 amide bonds. The minimum Gasteiger partial charge on any atom is -0.316 e. The summed E-state index contributed by atoms with van der Waals surface area (Å²) in [4.78, 5) is 1.74. The lowest BCUT2D eigenvalue weighted by Crippen LogP contribution is -2.36. The topological polar surface area (TPSA) is 55.6 Å². The lowest BCUT2D eigenvalue weighted by Gasteiger charge is -2.30. The van der Waals surface area contributed by atoms with E-state index in [1.54, 1.807) is 4.80 Å². The Kier molecular flexibility index (Phi) is 3.32. The van der Waals surface area contributed by atoms with Gasteiger partial charge < -0.3 is 5.32 Å². The first-order valence-corrected chi connectivity index (χ1v) is 6.43. The molecule has 1 unspecified atom stereocenters. The number of tetrazole rings is 1. The summed E-state index contributed by atoms with van der Waals surface area (Å²) in [6.07, 6.45) is 3.92. The second kappa shape index (κ2) is 5.27. The molecular formula is C13H17N5. The van der Waals surface area contributed by atoms with E-state index in [9.17, 15) is 0 Å². The Bertz CT molecular complexity index is 461. The average Bonchev–Trinajstić information content (AvgIpc) is 2.95. The normalized spacial score (nSPS) is 21.7. The highest BCUT2D eigenvalue weighted by molar-refractivity contribution is 5.20. The third-order valence-corrected chi connectivity index (χ3v) is 3.54. The number of piperidine rings is 1. The molecule has 0 saturated carbocycles. The molecule has 3 rings (SSSR count). The summed E-state index contributed by atoms with van der Waals surface area (Å²) in [6, 6.07) is 10.6. The predicted octanol–water partition coefficient (Wildman–Crippen LogP) is 1.26. The van der Waals surface area contributed by atoms with Crippen LogP contribution in [0, 0.1) is 5.92 Å². The molecule has 0 spiro atoms. The van der Waals surface area contributed by atoms with Gasteiger partial charge in [-0.1, -0.05) is 30.3 Å². The molecule has 2 atom stereocenters. The first kappa shape index (κ1) is 11.3. The van der Waals surface area contributed by atoms with Gasteiger partial charge in [-0.15, -0.1) is 10.2 Å². The van der Waals surface area contributed by atoms with Gasteiger partial charge in [0.05, 0.1) is 0 Å². The summed E-state index contributed by atoms with van der Waals surface area (Å²) in [7, 11) is 0.